The second-order valence-corrected chi connectivity index (χ2v) is 7.03. The molecule has 0 aliphatic carbocycles. The van der Waals surface area contributed by atoms with Gasteiger partial charge in [-0.1, -0.05) is 0 Å². The van der Waals surface area contributed by atoms with Gasteiger partial charge in [0.05, 0.1) is 17.3 Å². The first-order valence-corrected chi connectivity index (χ1v) is 9.02. The molecule has 1 aliphatic heterocycles. The summed E-state index contributed by atoms with van der Waals surface area (Å²) in [6.45, 7) is 1.72. The van der Waals surface area contributed by atoms with Crippen LogP contribution in [0.5, 0.6) is 0 Å². The summed E-state index contributed by atoms with van der Waals surface area (Å²) in [6.07, 6.45) is 9.48. The van der Waals surface area contributed by atoms with E-state index in [4.69, 9.17) is 0 Å². The lowest BCUT2D eigenvalue weighted by Crippen LogP contribution is -2.42. The van der Waals surface area contributed by atoms with Gasteiger partial charge in [0.25, 0.3) is 5.91 Å². The molecule has 0 unspecified atom stereocenters. The number of fused-ring (bicyclic) bond motifs is 1. The van der Waals surface area contributed by atoms with Crippen LogP contribution < -0.4 is 5.32 Å². The maximum atomic E-state index is 12.6. The molecule has 0 spiro atoms. The second-order valence-electron chi connectivity index (χ2n) is 7.03. The van der Waals surface area contributed by atoms with E-state index in [0.717, 1.165) is 25.0 Å². The molecule has 2 atom stereocenters. The van der Waals surface area contributed by atoms with Gasteiger partial charge in [-0.2, -0.15) is 5.10 Å². The fourth-order valence-corrected chi connectivity index (χ4v) is 4.00. The summed E-state index contributed by atoms with van der Waals surface area (Å²) < 4.78 is 3.80. The predicted octanol–water partition coefficient (Wildman–Crippen LogP) is 1.88. The van der Waals surface area contributed by atoms with Crippen molar-refractivity contribution >= 4 is 11.6 Å². The molecule has 3 aromatic heterocycles. The molecule has 1 amide bonds. The molecule has 3 aromatic rings. The van der Waals surface area contributed by atoms with E-state index in [2.05, 4.69) is 33.4 Å². The zero-order valence-corrected chi connectivity index (χ0v) is 15.2. The van der Waals surface area contributed by atoms with E-state index < -0.39 is 0 Å². The Hall–Kier alpha value is -2.67. The first-order valence-electron chi connectivity index (χ1n) is 9.02. The summed E-state index contributed by atoms with van der Waals surface area (Å²) in [5.41, 5.74) is 2.69. The summed E-state index contributed by atoms with van der Waals surface area (Å²) in [5.74, 6) is 0.322. The minimum Gasteiger partial charge on any atom is -0.352 e. The van der Waals surface area contributed by atoms with Gasteiger partial charge in [-0.05, 0) is 50.6 Å². The molecule has 0 bridgehead atoms. The Morgan fingerprint density at radius 2 is 2.15 bits per heavy atom. The minimum atomic E-state index is -0.0439. The summed E-state index contributed by atoms with van der Waals surface area (Å²) in [7, 11) is 4.13. The van der Waals surface area contributed by atoms with Crippen molar-refractivity contribution in [2.75, 3.05) is 20.1 Å². The van der Waals surface area contributed by atoms with Crippen LogP contribution in [0, 0.1) is 5.92 Å². The van der Waals surface area contributed by atoms with Crippen LogP contribution in [0.3, 0.4) is 0 Å². The molecule has 136 valence electrons. The molecular weight excluding hydrogens is 328 g/mol. The Balaban J connectivity index is 1.48. The highest BCUT2D eigenvalue weighted by atomic mass is 16.1. The fourth-order valence-electron chi connectivity index (χ4n) is 4.00. The third kappa shape index (κ3) is 3.10. The monoisotopic (exact) mass is 352 g/mol. The van der Waals surface area contributed by atoms with Crippen molar-refractivity contribution in [3.05, 3.63) is 54.2 Å². The van der Waals surface area contributed by atoms with E-state index >= 15 is 0 Å². The Labute approximate surface area is 152 Å². The number of amides is 1. The summed E-state index contributed by atoms with van der Waals surface area (Å²) in [5, 5.41) is 7.45. The number of carbonyl (C=O) groups is 1. The summed E-state index contributed by atoms with van der Waals surface area (Å²) in [6, 6.07) is 6.03. The van der Waals surface area contributed by atoms with Crippen LogP contribution in [0.15, 0.2) is 43.0 Å². The van der Waals surface area contributed by atoms with Crippen LogP contribution in [0.25, 0.3) is 5.65 Å². The molecule has 0 saturated carbocycles. The number of aromatic nitrogens is 4. The van der Waals surface area contributed by atoms with Gasteiger partial charge in [-0.25, -0.2) is 4.98 Å². The van der Waals surface area contributed by atoms with Crippen molar-refractivity contribution in [3.63, 3.8) is 0 Å². The number of hydrogen-bond donors (Lipinski definition) is 1. The lowest BCUT2D eigenvalue weighted by atomic mass is 9.87. The van der Waals surface area contributed by atoms with Crippen LogP contribution in [0.2, 0.25) is 0 Å². The highest BCUT2D eigenvalue weighted by Crippen LogP contribution is 2.34. The molecule has 0 aromatic carbocycles. The third-order valence-electron chi connectivity index (χ3n) is 5.34. The van der Waals surface area contributed by atoms with Crippen LogP contribution in [0.4, 0.5) is 0 Å². The van der Waals surface area contributed by atoms with Gasteiger partial charge in [0.15, 0.2) is 0 Å². The van der Waals surface area contributed by atoms with E-state index in [1.54, 1.807) is 6.20 Å². The van der Waals surface area contributed by atoms with Crippen LogP contribution >= 0.6 is 0 Å². The number of pyridine rings is 1. The molecule has 7 nitrogen and oxygen atoms in total. The molecule has 4 heterocycles. The van der Waals surface area contributed by atoms with Crippen molar-refractivity contribution in [1.82, 2.24) is 29.4 Å². The molecular formula is C19H24N6O. The van der Waals surface area contributed by atoms with Gasteiger partial charge >= 0.3 is 0 Å². The standard InChI is InChI=1S/C19H24N6O/c1-23-10-3-4-14(18(23)16-7-8-22-24(16)2)12-21-19(26)15-5-6-17-20-9-11-25(17)13-15/h5-9,11,13-14,18H,3-4,10,12H2,1-2H3,(H,21,26)/t14-,18+/m0/s1. The fraction of sp³-hybridized carbons (Fsp3) is 0.421. The SMILES string of the molecule is CN1CCC[C@@H](CNC(=O)c2ccc3nccn3c2)[C@@H]1c1ccnn1C. The number of hydrogen-bond acceptors (Lipinski definition) is 4. The average molecular weight is 352 g/mol. The number of nitrogens with zero attached hydrogens (tertiary/aromatic N) is 5. The highest BCUT2D eigenvalue weighted by molar-refractivity contribution is 5.94. The quantitative estimate of drug-likeness (QED) is 0.778. The summed E-state index contributed by atoms with van der Waals surface area (Å²) >= 11 is 0. The van der Waals surface area contributed by atoms with Gasteiger partial charge in [0, 0.05) is 38.4 Å². The molecule has 26 heavy (non-hydrogen) atoms. The molecule has 0 radical (unpaired) electrons. The van der Waals surface area contributed by atoms with Gasteiger partial charge in [0.2, 0.25) is 0 Å². The molecule has 1 N–H and O–H groups in total. The van der Waals surface area contributed by atoms with E-state index in [1.165, 1.54) is 5.69 Å². The number of imidazole rings is 1. The van der Waals surface area contributed by atoms with E-state index in [0.29, 0.717) is 18.0 Å². The number of piperidine rings is 1. The Bertz CT molecular complexity index is 914. The van der Waals surface area contributed by atoms with Gasteiger partial charge in [-0.3, -0.25) is 14.4 Å². The van der Waals surface area contributed by atoms with E-state index in [9.17, 15) is 4.79 Å². The smallest absolute Gasteiger partial charge is 0.252 e. The first kappa shape index (κ1) is 16.8. The van der Waals surface area contributed by atoms with Gasteiger partial charge in [-0.15, -0.1) is 0 Å². The largest absolute Gasteiger partial charge is 0.352 e. The maximum Gasteiger partial charge on any atom is 0.252 e. The lowest BCUT2D eigenvalue weighted by molar-refractivity contribution is 0.0880. The normalized spacial score (nSPS) is 21.2. The third-order valence-corrected chi connectivity index (χ3v) is 5.34. The molecule has 1 saturated heterocycles. The number of nitrogens with one attached hydrogen (secondary N) is 1. The topological polar surface area (TPSA) is 67.5 Å². The lowest BCUT2D eigenvalue weighted by Gasteiger charge is -2.39. The van der Waals surface area contributed by atoms with Gasteiger partial charge < -0.3 is 9.72 Å². The number of rotatable bonds is 4. The van der Waals surface area contributed by atoms with Crippen molar-refractivity contribution in [2.45, 2.75) is 18.9 Å². The number of carbonyl (C=O) groups excluding carboxylic acids is 1. The van der Waals surface area contributed by atoms with Crippen LogP contribution in [-0.4, -0.2) is 50.1 Å². The van der Waals surface area contributed by atoms with Crippen LogP contribution in [-0.2, 0) is 7.05 Å². The van der Waals surface area contributed by atoms with Crippen LogP contribution in [0.1, 0.15) is 34.9 Å². The number of likely N-dealkylation sites (tertiary alicyclic amines) is 1. The van der Waals surface area contributed by atoms with Crippen molar-refractivity contribution in [1.29, 1.82) is 0 Å². The Morgan fingerprint density at radius 1 is 1.27 bits per heavy atom. The van der Waals surface area contributed by atoms with Crippen molar-refractivity contribution in [3.8, 4) is 0 Å². The average Bonchev–Trinajstić information content (AvgIpc) is 3.27. The summed E-state index contributed by atoms with van der Waals surface area (Å²) in [4.78, 5) is 19.2. The molecule has 1 fully saturated rings. The zero-order valence-electron chi connectivity index (χ0n) is 15.2. The first-order chi connectivity index (χ1) is 12.6. The van der Waals surface area contributed by atoms with E-state index in [-0.39, 0.29) is 11.9 Å². The molecule has 4 rings (SSSR count). The highest BCUT2D eigenvalue weighted by Gasteiger charge is 2.32. The van der Waals surface area contributed by atoms with Crippen molar-refractivity contribution in [2.24, 2.45) is 13.0 Å². The predicted molar refractivity (Wildman–Crippen MR) is 98.8 cm³/mol. The molecule has 1 aliphatic rings. The Morgan fingerprint density at radius 3 is 2.96 bits per heavy atom. The van der Waals surface area contributed by atoms with E-state index in [1.807, 2.05) is 46.9 Å². The second kappa shape index (κ2) is 6.92. The zero-order chi connectivity index (χ0) is 18.1. The minimum absolute atomic E-state index is 0.0439. The van der Waals surface area contributed by atoms with Gasteiger partial charge in [0.1, 0.15) is 5.65 Å². The maximum absolute atomic E-state index is 12.6. The van der Waals surface area contributed by atoms with Crippen molar-refractivity contribution < 1.29 is 4.79 Å². The molecule has 7 heteroatoms. The Kier molecular flexibility index (Phi) is 4.46. The number of aryl methyl sites for hydroxylation is 1.